The lowest BCUT2D eigenvalue weighted by Crippen LogP contribution is -2.41. The Balaban J connectivity index is 1.56. The first-order chi connectivity index (χ1) is 11.5. The van der Waals surface area contributed by atoms with E-state index in [0.29, 0.717) is 31.7 Å². The van der Waals surface area contributed by atoms with Gasteiger partial charge in [-0.3, -0.25) is 9.59 Å². The molecule has 6 heteroatoms. The topological polar surface area (TPSA) is 62.6 Å². The Morgan fingerprint density at radius 2 is 2.00 bits per heavy atom. The van der Waals surface area contributed by atoms with Gasteiger partial charge < -0.3 is 14.6 Å². The van der Waals surface area contributed by atoms with Crippen LogP contribution in [0.3, 0.4) is 0 Å². The largest absolute Gasteiger partial charge is 0.459 e. The van der Waals surface area contributed by atoms with Crippen LogP contribution < -0.4 is 5.32 Å². The van der Waals surface area contributed by atoms with Gasteiger partial charge in [0.15, 0.2) is 5.76 Å². The summed E-state index contributed by atoms with van der Waals surface area (Å²) in [7, 11) is 0. The molecule has 1 aliphatic rings. The van der Waals surface area contributed by atoms with Gasteiger partial charge in [0, 0.05) is 19.0 Å². The van der Waals surface area contributed by atoms with E-state index in [1.54, 1.807) is 36.1 Å². The van der Waals surface area contributed by atoms with Gasteiger partial charge in [0.2, 0.25) is 5.91 Å². The van der Waals surface area contributed by atoms with Crippen LogP contribution in [0.4, 0.5) is 10.1 Å². The minimum Gasteiger partial charge on any atom is -0.459 e. The number of piperidine rings is 1. The summed E-state index contributed by atoms with van der Waals surface area (Å²) in [5.74, 6) is -0.731. The van der Waals surface area contributed by atoms with Gasteiger partial charge in [0.05, 0.1) is 12.0 Å². The molecule has 1 saturated heterocycles. The van der Waals surface area contributed by atoms with Crippen molar-refractivity contribution in [1.29, 1.82) is 0 Å². The van der Waals surface area contributed by atoms with Gasteiger partial charge in [-0.1, -0.05) is 6.07 Å². The molecule has 0 unspecified atom stereocenters. The van der Waals surface area contributed by atoms with Crippen molar-refractivity contribution in [3.8, 4) is 0 Å². The van der Waals surface area contributed by atoms with Crippen molar-refractivity contribution >= 4 is 17.5 Å². The lowest BCUT2D eigenvalue weighted by atomic mass is 9.95. The Morgan fingerprint density at radius 1 is 1.25 bits per heavy atom. The molecule has 126 valence electrons. The second-order valence-corrected chi connectivity index (χ2v) is 6.02. The molecule has 3 rings (SSSR count). The fraction of sp³-hybridized carbons (Fsp3) is 0.333. The molecule has 24 heavy (non-hydrogen) atoms. The Bertz CT molecular complexity index is 735. The highest BCUT2D eigenvalue weighted by molar-refractivity contribution is 5.94. The second kappa shape index (κ2) is 6.86. The zero-order chi connectivity index (χ0) is 17.1. The Kier molecular flexibility index (Phi) is 4.64. The van der Waals surface area contributed by atoms with E-state index in [0.717, 1.165) is 5.56 Å². The molecule has 2 amide bonds. The highest BCUT2D eigenvalue weighted by Crippen LogP contribution is 2.22. The molecule has 1 N–H and O–H groups in total. The first kappa shape index (κ1) is 16.2. The Morgan fingerprint density at radius 3 is 2.62 bits per heavy atom. The average Bonchev–Trinajstić information content (AvgIpc) is 3.11. The quantitative estimate of drug-likeness (QED) is 0.940. The molecule has 0 saturated carbocycles. The van der Waals surface area contributed by atoms with Crippen LogP contribution in [-0.4, -0.2) is 29.8 Å². The Hall–Kier alpha value is -2.63. The van der Waals surface area contributed by atoms with E-state index in [2.05, 4.69) is 5.32 Å². The number of carbonyl (C=O) groups excluding carboxylic acids is 2. The number of carbonyl (C=O) groups is 2. The summed E-state index contributed by atoms with van der Waals surface area (Å²) in [6.07, 6.45) is 2.56. The molecule has 5 nitrogen and oxygen atoms in total. The molecule has 0 aliphatic carbocycles. The molecule has 1 fully saturated rings. The average molecular weight is 330 g/mol. The predicted molar refractivity (Wildman–Crippen MR) is 87.1 cm³/mol. The van der Waals surface area contributed by atoms with Crippen molar-refractivity contribution in [3.63, 3.8) is 0 Å². The van der Waals surface area contributed by atoms with Gasteiger partial charge in [0.1, 0.15) is 5.82 Å². The number of hydrogen-bond acceptors (Lipinski definition) is 3. The van der Waals surface area contributed by atoms with Gasteiger partial charge in [-0.05, 0) is 49.6 Å². The number of rotatable bonds is 3. The third-order valence-electron chi connectivity index (χ3n) is 4.27. The third kappa shape index (κ3) is 3.48. The van der Waals surface area contributed by atoms with Gasteiger partial charge >= 0.3 is 0 Å². The molecule has 0 spiro atoms. The summed E-state index contributed by atoms with van der Waals surface area (Å²) in [5, 5.41) is 2.64. The summed E-state index contributed by atoms with van der Waals surface area (Å²) in [6, 6.07) is 8.01. The molecular formula is C18H19FN2O3. The van der Waals surface area contributed by atoms with E-state index < -0.39 is 5.82 Å². The molecule has 0 bridgehead atoms. The number of nitrogens with one attached hydrogen (secondary N) is 1. The van der Waals surface area contributed by atoms with Crippen LogP contribution in [-0.2, 0) is 4.79 Å². The number of likely N-dealkylation sites (tertiary alicyclic amines) is 1. The van der Waals surface area contributed by atoms with Crippen LogP contribution >= 0.6 is 0 Å². The van der Waals surface area contributed by atoms with Gasteiger partial charge in [-0.15, -0.1) is 0 Å². The van der Waals surface area contributed by atoms with E-state index in [-0.39, 0.29) is 23.4 Å². The van der Waals surface area contributed by atoms with Crippen molar-refractivity contribution < 1.29 is 18.4 Å². The number of furan rings is 1. The minimum atomic E-state index is -0.436. The van der Waals surface area contributed by atoms with Crippen molar-refractivity contribution in [1.82, 2.24) is 4.90 Å². The monoisotopic (exact) mass is 330 g/mol. The summed E-state index contributed by atoms with van der Waals surface area (Å²) in [6.45, 7) is 2.75. The highest BCUT2D eigenvalue weighted by atomic mass is 19.1. The van der Waals surface area contributed by atoms with Gasteiger partial charge in [0.25, 0.3) is 5.91 Å². The normalized spacial score (nSPS) is 15.3. The number of benzene rings is 1. The van der Waals surface area contributed by atoms with Crippen molar-refractivity contribution in [3.05, 3.63) is 53.7 Å². The summed E-state index contributed by atoms with van der Waals surface area (Å²) >= 11 is 0. The zero-order valence-electron chi connectivity index (χ0n) is 13.4. The second-order valence-electron chi connectivity index (χ2n) is 6.02. The minimum absolute atomic E-state index is 0.163. The number of halogens is 1. The van der Waals surface area contributed by atoms with E-state index >= 15 is 0 Å². The molecule has 1 aromatic heterocycles. The number of hydrogen-bond donors (Lipinski definition) is 1. The SMILES string of the molecule is Cc1ccc(NC(=O)C2CCN(C(=O)c3ccco3)CC2)c(F)c1. The maximum atomic E-state index is 13.8. The third-order valence-corrected chi connectivity index (χ3v) is 4.27. The molecular weight excluding hydrogens is 311 g/mol. The van der Waals surface area contributed by atoms with Gasteiger partial charge in [-0.2, -0.15) is 0 Å². The number of aryl methyl sites for hydroxylation is 1. The van der Waals surface area contributed by atoms with Crippen molar-refractivity contribution in [2.45, 2.75) is 19.8 Å². The van der Waals surface area contributed by atoms with E-state index in [1.165, 1.54) is 12.3 Å². The molecule has 0 radical (unpaired) electrons. The van der Waals surface area contributed by atoms with Crippen LogP contribution in [0.1, 0.15) is 29.0 Å². The predicted octanol–water partition coefficient (Wildman–Crippen LogP) is 3.22. The van der Waals surface area contributed by atoms with Crippen molar-refractivity contribution in [2.75, 3.05) is 18.4 Å². The first-order valence-electron chi connectivity index (χ1n) is 7.94. The fourth-order valence-corrected chi connectivity index (χ4v) is 2.86. The molecule has 2 aromatic rings. The number of amides is 2. The molecule has 1 aromatic carbocycles. The van der Waals surface area contributed by atoms with E-state index in [9.17, 15) is 14.0 Å². The maximum Gasteiger partial charge on any atom is 0.289 e. The smallest absolute Gasteiger partial charge is 0.289 e. The zero-order valence-corrected chi connectivity index (χ0v) is 13.4. The lowest BCUT2D eigenvalue weighted by Gasteiger charge is -2.30. The summed E-state index contributed by atoms with van der Waals surface area (Å²) < 4.78 is 18.9. The van der Waals surface area contributed by atoms with Crippen LogP contribution in [0.5, 0.6) is 0 Å². The van der Waals surface area contributed by atoms with Crippen LogP contribution in [0.2, 0.25) is 0 Å². The lowest BCUT2D eigenvalue weighted by molar-refractivity contribution is -0.121. The van der Waals surface area contributed by atoms with Crippen molar-refractivity contribution in [2.24, 2.45) is 5.92 Å². The van der Waals surface area contributed by atoms with E-state index in [4.69, 9.17) is 4.42 Å². The standard InChI is InChI=1S/C18H19FN2O3/c1-12-4-5-15(14(19)11-12)20-17(22)13-6-8-21(9-7-13)18(23)16-3-2-10-24-16/h2-5,10-11,13H,6-9H2,1H3,(H,20,22). The van der Waals surface area contributed by atoms with Crippen LogP contribution in [0.15, 0.2) is 41.0 Å². The van der Waals surface area contributed by atoms with Crippen LogP contribution in [0.25, 0.3) is 0 Å². The molecule has 1 aliphatic heterocycles. The first-order valence-corrected chi connectivity index (χ1v) is 7.94. The summed E-state index contributed by atoms with van der Waals surface area (Å²) in [4.78, 5) is 26.2. The Labute approximate surface area is 139 Å². The van der Waals surface area contributed by atoms with Crippen LogP contribution in [0, 0.1) is 18.7 Å². The number of anilines is 1. The fourth-order valence-electron chi connectivity index (χ4n) is 2.86. The highest BCUT2D eigenvalue weighted by Gasteiger charge is 2.29. The molecule has 0 atom stereocenters. The molecule has 2 heterocycles. The maximum absolute atomic E-state index is 13.8. The van der Waals surface area contributed by atoms with E-state index in [1.807, 2.05) is 0 Å². The number of nitrogens with zero attached hydrogens (tertiary/aromatic N) is 1. The summed E-state index contributed by atoms with van der Waals surface area (Å²) in [5.41, 5.74) is 0.995. The van der Waals surface area contributed by atoms with Gasteiger partial charge in [-0.25, -0.2) is 4.39 Å².